The zero-order chi connectivity index (χ0) is 17.4. The second-order valence-electron chi connectivity index (χ2n) is 5.15. The van der Waals surface area contributed by atoms with Crippen molar-refractivity contribution in [1.82, 2.24) is 0 Å². The maximum atomic E-state index is 12.1. The van der Waals surface area contributed by atoms with Gasteiger partial charge in [0.25, 0.3) is 0 Å². The maximum Gasteiger partial charge on any atom is 0.234 e. The minimum atomic E-state index is -0.0637. The summed E-state index contributed by atoms with van der Waals surface area (Å²) in [5, 5.41) is 2.83. The predicted molar refractivity (Wildman–Crippen MR) is 105 cm³/mol. The Morgan fingerprint density at radius 1 is 1.08 bits per heavy atom. The molecule has 0 bridgehead atoms. The van der Waals surface area contributed by atoms with Crippen molar-refractivity contribution in [3.05, 3.63) is 59.1 Å². The van der Waals surface area contributed by atoms with Crippen LogP contribution in [0.15, 0.2) is 59.1 Å². The summed E-state index contributed by atoms with van der Waals surface area (Å²) in [5.41, 5.74) is 1.64. The number of halogens is 1. The number of hydrogen-bond acceptors (Lipinski definition) is 3. The highest BCUT2D eigenvalue weighted by molar-refractivity contribution is 9.10. The van der Waals surface area contributed by atoms with Crippen molar-refractivity contribution in [3.63, 3.8) is 0 Å². The monoisotopic (exact) mass is 406 g/mol. The fourth-order valence-corrected chi connectivity index (χ4v) is 3.00. The summed E-state index contributed by atoms with van der Waals surface area (Å²) >= 11 is 4.81. The van der Waals surface area contributed by atoms with Gasteiger partial charge in [0.2, 0.25) is 11.8 Å². The number of anilines is 2. The number of nitrogens with one attached hydrogen (secondary N) is 1. The van der Waals surface area contributed by atoms with E-state index in [0.717, 1.165) is 15.8 Å². The number of carbonyl (C=O) groups excluding carboxylic acids is 2. The number of amides is 2. The quantitative estimate of drug-likeness (QED) is 0.701. The molecule has 0 radical (unpaired) electrons. The van der Waals surface area contributed by atoms with Crippen molar-refractivity contribution in [3.8, 4) is 0 Å². The van der Waals surface area contributed by atoms with E-state index in [4.69, 9.17) is 0 Å². The van der Waals surface area contributed by atoms with Gasteiger partial charge < -0.3 is 10.2 Å². The molecule has 1 N–H and O–H groups in total. The van der Waals surface area contributed by atoms with Crippen LogP contribution in [0, 0.1) is 0 Å². The highest BCUT2D eigenvalue weighted by Crippen LogP contribution is 2.15. The van der Waals surface area contributed by atoms with Gasteiger partial charge in [0.15, 0.2) is 0 Å². The SMILES string of the molecule is CN(C(=O)CCSCC(=O)Nc1ccc(Br)cc1)c1ccccc1. The van der Waals surface area contributed by atoms with Gasteiger partial charge in [-0.25, -0.2) is 0 Å². The normalized spacial score (nSPS) is 10.2. The Bertz CT molecular complexity index is 677. The maximum absolute atomic E-state index is 12.1. The molecule has 0 heterocycles. The summed E-state index contributed by atoms with van der Waals surface area (Å²) in [6.07, 6.45) is 0.404. The lowest BCUT2D eigenvalue weighted by Gasteiger charge is -2.17. The molecule has 126 valence electrons. The van der Waals surface area contributed by atoms with Gasteiger partial charge >= 0.3 is 0 Å². The predicted octanol–water partition coefficient (Wildman–Crippen LogP) is 4.17. The fraction of sp³-hybridized carbons (Fsp3) is 0.222. The van der Waals surface area contributed by atoms with Crippen molar-refractivity contribution < 1.29 is 9.59 Å². The van der Waals surface area contributed by atoms with Crippen LogP contribution in [0.2, 0.25) is 0 Å². The minimum absolute atomic E-state index is 0.0435. The number of rotatable bonds is 7. The largest absolute Gasteiger partial charge is 0.325 e. The lowest BCUT2D eigenvalue weighted by molar-refractivity contribution is -0.118. The van der Waals surface area contributed by atoms with Crippen LogP contribution in [0.5, 0.6) is 0 Å². The van der Waals surface area contributed by atoms with E-state index < -0.39 is 0 Å². The van der Waals surface area contributed by atoms with E-state index in [-0.39, 0.29) is 11.8 Å². The molecule has 0 saturated carbocycles. The molecule has 0 aliphatic carbocycles. The first-order valence-corrected chi connectivity index (χ1v) is 9.46. The Labute approximate surface area is 154 Å². The molecule has 0 fully saturated rings. The zero-order valence-corrected chi connectivity index (χ0v) is 15.8. The molecular weight excluding hydrogens is 388 g/mol. The van der Waals surface area contributed by atoms with E-state index in [0.29, 0.717) is 17.9 Å². The van der Waals surface area contributed by atoms with E-state index in [1.807, 2.05) is 54.6 Å². The number of benzene rings is 2. The highest BCUT2D eigenvalue weighted by Gasteiger charge is 2.10. The van der Waals surface area contributed by atoms with Gasteiger partial charge in [-0.3, -0.25) is 9.59 Å². The van der Waals surface area contributed by atoms with E-state index in [2.05, 4.69) is 21.2 Å². The molecule has 2 rings (SSSR count). The van der Waals surface area contributed by atoms with Crippen LogP contribution in [-0.4, -0.2) is 30.4 Å². The van der Waals surface area contributed by atoms with Gasteiger partial charge in [0, 0.05) is 35.1 Å². The summed E-state index contributed by atoms with van der Waals surface area (Å²) in [6.45, 7) is 0. The topological polar surface area (TPSA) is 49.4 Å². The Balaban J connectivity index is 1.67. The van der Waals surface area contributed by atoms with Crippen LogP contribution >= 0.6 is 27.7 Å². The molecule has 24 heavy (non-hydrogen) atoms. The molecule has 0 spiro atoms. The molecule has 0 aromatic heterocycles. The number of thioether (sulfide) groups is 1. The van der Waals surface area contributed by atoms with E-state index in [1.54, 1.807) is 11.9 Å². The summed E-state index contributed by atoms with van der Waals surface area (Å²) in [4.78, 5) is 25.6. The van der Waals surface area contributed by atoms with Crippen molar-refractivity contribution >= 4 is 50.9 Å². The van der Waals surface area contributed by atoms with Gasteiger partial charge in [0.1, 0.15) is 0 Å². The van der Waals surface area contributed by atoms with E-state index in [1.165, 1.54) is 11.8 Å². The Kier molecular flexibility index (Phi) is 7.34. The smallest absolute Gasteiger partial charge is 0.234 e. The minimum Gasteiger partial charge on any atom is -0.325 e. The molecule has 0 saturated heterocycles. The number of para-hydroxylation sites is 1. The van der Waals surface area contributed by atoms with Crippen molar-refractivity contribution in [2.75, 3.05) is 28.8 Å². The Morgan fingerprint density at radius 3 is 2.42 bits per heavy atom. The second-order valence-corrected chi connectivity index (χ2v) is 7.17. The molecule has 4 nitrogen and oxygen atoms in total. The first kappa shape index (κ1) is 18.5. The fourth-order valence-electron chi connectivity index (χ4n) is 2.02. The second kappa shape index (κ2) is 9.49. The van der Waals surface area contributed by atoms with Gasteiger partial charge in [-0.2, -0.15) is 11.8 Å². The molecular formula is C18H19BrN2O2S. The van der Waals surface area contributed by atoms with Crippen molar-refractivity contribution in [2.24, 2.45) is 0 Å². The van der Waals surface area contributed by atoms with Crippen molar-refractivity contribution in [2.45, 2.75) is 6.42 Å². The average Bonchev–Trinajstić information content (AvgIpc) is 2.60. The number of hydrogen-bond donors (Lipinski definition) is 1. The van der Waals surface area contributed by atoms with Crippen LogP contribution in [-0.2, 0) is 9.59 Å². The third-order valence-corrected chi connectivity index (χ3v) is 4.83. The molecule has 2 amide bonds. The lowest BCUT2D eigenvalue weighted by Crippen LogP contribution is -2.26. The molecule has 2 aromatic carbocycles. The van der Waals surface area contributed by atoms with Crippen LogP contribution in [0.3, 0.4) is 0 Å². The van der Waals surface area contributed by atoms with Crippen LogP contribution in [0.1, 0.15) is 6.42 Å². The lowest BCUT2D eigenvalue weighted by atomic mass is 10.3. The summed E-state index contributed by atoms with van der Waals surface area (Å²) < 4.78 is 0.968. The number of nitrogens with zero attached hydrogens (tertiary/aromatic N) is 1. The highest BCUT2D eigenvalue weighted by atomic mass is 79.9. The Hall–Kier alpha value is -1.79. The molecule has 0 aliphatic heterocycles. The molecule has 6 heteroatoms. The van der Waals surface area contributed by atoms with Gasteiger partial charge in [0.05, 0.1) is 5.75 Å². The van der Waals surface area contributed by atoms with Gasteiger partial charge in [-0.1, -0.05) is 34.1 Å². The molecule has 0 atom stereocenters. The van der Waals surface area contributed by atoms with Gasteiger partial charge in [-0.15, -0.1) is 0 Å². The van der Waals surface area contributed by atoms with Crippen LogP contribution in [0.25, 0.3) is 0 Å². The summed E-state index contributed by atoms with van der Waals surface area (Å²) in [6, 6.07) is 17.0. The number of carbonyl (C=O) groups is 2. The average molecular weight is 407 g/mol. The van der Waals surface area contributed by atoms with Gasteiger partial charge in [-0.05, 0) is 36.4 Å². The molecule has 0 aliphatic rings. The third-order valence-electron chi connectivity index (χ3n) is 3.34. The first-order chi connectivity index (χ1) is 11.6. The Morgan fingerprint density at radius 2 is 1.75 bits per heavy atom. The molecule has 2 aromatic rings. The third kappa shape index (κ3) is 6.02. The van der Waals surface area contributed by atoms with E-state index in [9.17, 15) is 9.59 Å². The van der Waals surface area contributed by atoms with Crippen LogP contribution in [0.4, 0.5) is 11.4 Å². The van der Waals surface area contributed by atoms with E-state index >= 15 is 0 Å². The summed E-state index contributed by atoms with van der Waals surface area (Å²) in [5.74, 6) is 0.926. The van der Waals surface area contributed by atoms with Crippen molar-refractivity contribution in [1.29, 1.82) is 0 Å². The van der Waals surface area contributed by atoms with Crippen LogP contribution < -0.4 is 10.2 Å². The first-order valence-electron chi connectivity index (χ1n) is 7.51. The summed E-state index contributed by atoms with van der Waals surface area (Å²) in [7, 11) is 1.77. The molecule has 0 unspecified atom stereocenters. The standard InChI is InChI=1S/C18H19BrN2O2S/c1-21(16-5-3-2-4-6-16)18(23)11-12-24-13-17(22)20-15-9-7-14(19)8-10-15/h2-10H,11-13H2,1H3,(H,20,22). The zero-order valence-electron chi connectivity index (χ0n) is 13.4.